The standard InChI is InChI=1S/C13H17N3O2S/c1-13(2)4-5-16(7-13)11-9(12(17)18-3)10(15)8(6-14)19-11/h4-5,7,15H2,1-3H3. The zero-order chi connectivity index (χ0) is 14.2. The number of carbonyl (C=O) groups is 1. The van der Waals surface area contributed by atoms with Gasteiger partial charge in [-0.15, -0.1) is 11.3 Å². The molecule has 5 nitrogen and oxygen atoms in total. The molecule has 102 valence electrons. The minimum Gasteiger partial charge on any atom is -0.465 e. The number of carbonyl (C=O) groups excluding carboxylic acids is 1. The average molecular weight is 279 g/mol. The normalized spacial score (nSPS) is 17.3. The number of nitrogens with two attached hydrogens (primary N) is 1. The molecule has 0 unspecified atom stereocenters. The Hall–Kier alpha value is -1.74. The monoisotopic (exact) mass is 279 g/mol. The molecule has 1 saturated heterocycles. The van der Waals surface area contributed by atoms with E-state index in [4.69, 9.17) is 15.7 Å². The molecule has 2 N–H and O–H groups in total. The first-order valence-electron chi connectivity index (χ1n) is 6.05. The maximum Gasteiger partial charge on any atom is 0.343 e. The van der Waals surface area contributed by atoms with E-state index in [2.05, 4.69) is 18.7 Å². The van der Waals surface area contributed by atoms with Crippen LogP contribution in [0.5, 0.6) is 0 Å². The number of esters is 1. The second-order valence-electron chi connectivity index (χ2n) is 5.46. The summed E-state index contributed by atoms with van der Waals surface area (Å²) in [5, 5.41) is 9.82. The highest BCUT2D eigenvalue weighted by Gasteiger charge is 2.34. The fourth-order valence-electron chi connectivity index (χ4n) is 2.32. The van der Waals surface area contributed by atoms with Crippen LogP contribution in [0.1, 0.15) is 35.5 Å². The number of ether oxygens (including phenoxy) is 1. The number of nitrogen functional groups attached to an aromatic ring is 1. The van der Waals surface area contributed by atoms with Gasteiger partial charge in [-0.05, 0) is 11.8 Å². The van der Waals surface area contributed by atoms with Gasteiger partial charge >= 0.3 is 5.97 Å². The van der Waals surface area contributed by atoms with Crippen molar-refractivity contribution in [2.75, 3.05) is 30.8 Å². The molecule has 0 aromatic carbocycles. The molecule has 1 fully saturated rings. The van der Waals surface area contributed by atoms with E-state index in [0.29, 0.717) is 10.4 Å². The third-order valence-electron chi connectivity index (χ3n) is 3.38. The van der Waals surface area contributed by atoms with E-state index >= 15 is 0 Å². The summed E-state index contributed by atoms with van der Waals surface area (Å²) in [5.41, 5.74) is 6.66. The summed E-state index contributed by atoms with van der Waals surface area (Å²) in [6.45, 7) is 6.09. The molecule has 1 aromatic rings. The fourth-order valence-corrected chi connectivity index (χ4v) is 3.35. The van der Waals surface area contributed by atoms with Gasteiger partial charge in [0.05, 0.1) is 12.8 Å². The zero-order valence-electron chi connectivity index (χ0n) is 11.3. The molecule has 1 aromatic heterocycles. The van der Waals surface area contributed by atoms with Gasteiger partial charge in [0.15, 0.2) is 0 Å². The molecule has 0 aliphatic carbocycles. The molecule has 0 spiro atoms. The second kappa shape index (κ2) is 4.74. The summed E-state index contributed by atoms with van der Waals surface area (Å²) in [4.78, 5) is 14.4. The lowest BCUT2D eigenvalue weighted by atomic mass is 9.93. The van der Waals surface area contributed by atoms with Crippen LogP contribution in [0.15, 0.2) is 0 Å². The van der Waals surface area contributed by atoms with Crippen LogP contribution in [-0.2, 0) is 4.74 Å². The van der Waals surface area contributed by atoms with Crippen LogP contribution in [0.25, 0.3) is 0 Å². The maximum absolute atomic E-state index is 11.9. The minimum absolute atomic E-state index is 0.207. The highest BCUT2D eigenvalue weighted by Crippen LogP contribution is 2.42. The Morgan fingerprint density at radius 2 is 2.26 bits per heavy atom. The number of nitriles is 1. The largest absolute Gasteiger partial charge is 0.465 e. The Kier molecular flexibility index (Phi) is 3.42. The van der Waals surface area contributed by atoms with Crippen molar-refractivity contribution in [3.05, 3.63) is 10.4 Å². The molecule has 0 bridgehead atoms. The molecule has 1 aliphatic rings. The molecular formula is C13H17N3O2S. The fraction of sp³-hybridized carbons (Fsp3) is 0.538. The summed E-state index contributed by atoms with van der Waals surface area (Å²) < 4.78 is 4.78. The van der Waals surface area contributed by atoms with Crippen LogP contribution in [0.3, 0.4) is 0 Å². The van der Waals surface area contributed by atoms with E-state index in [0.717, 1.165) is 24.5 Å². The SMILES string of the molecule is COC(=O)c1c(N2CCC(C)(C)C2)sc(C#N)c1N. The number of anilines is 2. The average Bonchev–Trinajstić information content (AvgIpc) is 2.88. The molecule has 0 amide bonds. The van der Waals surface area contributed by atoms with E-state index < -0.39 is 5.97 Å². The van der Waals surface area contributed by atoms with Crippen molar-refractivity contribution in [2.24, 2.45) is 5.41 Å². The third kappa shape index (κ3) is 2.38. The van der Waals surface area contributed by atoms with E-state index in [-0.39, 0.29) is 11.1 Å². The molecule has 0 saturated carbocycles. The molecule has 19 heavy (non-hydrogen) atoms. The van der Waals surface area contributed by atoms with Crippen molar-refractivity contribution >= 4 is 28.0 Å². The maximum atomic E-state index is 11.9. The Bertz CT molecular complexity index is 557. The number of methoxy groups -OCH3 is 1. The number of nitrogens with zero attached hydrogens (tertiary/aromatic N) is 2. The van der Waals surface area contributed by atoms with Gasteiger partial charge in [0.2, 0.25) is 0 Å². The van der Waals surface area contributed by atoms with Gasteiger partial charge in [0.25, 0.3) is 0 Å². The van der Waals surface area contributed by atoms with E-state index in [9.17, 15) is 4.79 Å². The van der Waals surface area contributed by atoms with Crippen LogP contribution >= 0.6 is 11.3 Å². The third-order valence-corrected chi connectivity index (χ3v) is 4.55. The molecule has 1 aliphatic heterocycles. The number of hydrogen-bond acceptors (Lipinski definition) is 6. The first-order valence-corrected chi connectivity index (χ1v) is 6.87. The Balaban J connectivity index is 2.46. The van der Waals surface area contributed by atoms with Crippen LogP contribution in [0.4, 0.5) is 10.7 Å². The first-order chi connectivity index (χ1) is 8.89. The van der Waals surface area contributed by atoms with E-state index in [1.165, 1.54) is 18.4 Å². The molecule has 0 atom stereocenters. The zero-order valence-corrected chi connectivity index (χ0v) is 12.1. The number of rotatable bonds is 2. The quantitative estimate of drug-likeness (QED) is 0.840. The highest BCUT2D eigenvalue weighted by molar-refractivity contribution is 7.17. The van der Waals surface area contributed by atoms with Crippen molar-refractivity contribution in [3.8, 4) is 6.07 Å². The number of thiophene rings is 1. The van der Waals surface area contributed by atoms with Crippen molar-refractivity contribution in [1.29, 1.82) is 5.26 Å². The minimum atomic E-state index is -0.477. The van der Waals surface area contributed by atoms with Crippen molar-refractivity contribution in [2.45, 2.75) is 20.3 Å². The Morgan fingerprint density at radius 1 is 1.58 bits per heavy atom. The summed E-state index contributed by atoms with van der Waals surface area (Å²) >= 11 is 1.27. The molecule has 2 heterocycles. The predicted octanol–water partition coefficient (Wildman–Crippen LogP) is 2.22. The van der Waals surface area contributed by atoms with Gasteiger partial charge in [-0.3, -0.25) is 0 Å². The van der Waals surface area contributed by atoms with Gasteiger partial charge in [-0.25, -0.2) is 4.79 Å². The van der Waals surface area contributed by atoms with Crippen molar-refractivity contribution in [3.63, 3.8) is 0 Å². The van der Waals surface area contributed by atoms with Crippen molar-refractivity contribution in [1.82, 2.24) is 0 Å². The van der Waals surface area contributed by atoms with Gasteiger partial charge in [-0.1, -0.05) is 13.8 Å². The second-order valence-corrected chi connectivity index (χ2v) is 6.46. The van der Waals surface area contributed by atoms with Crippen molar-refractivity contribution < 1.29 is 9.53 Å². The lowest BCUT2D eigenvalue weighted by Crippen LogP contribution is -2.23. The van der Waals surface area contributed by atoms with Crippen LogP contribution in [0.2, 0.25) is 0 Å². The van der Waals surface area contributed by atoms with E-state index in [1.807, 2.05) is 6.07 Å². The summed E-state index contributed by atoms with van der Waals surface area (Å²) in [7, 11) is 1.32. The summed E-state index contributed by atoms with van der Waals surface area (Å²) in [6, 6.07) is 2.04. The smallest absolute Gasteiger partial charge is 0.343 e. The predicted molar refractivity (Wildman–Crippen MR) is 75.4 cm³/mol. The Morgan fingerprint density at radius 3 is 2.74 bits per heavy atom. The molecular weight excluding hydrogens is 262 g/mol. The number of hydrogen-bond donors (Lipinski definition) is 1. The van der Waals surface area contributed by atoms with E-state index in [1.54, 1.807) is 0 Å². The van der Waals surface area contributed by atoms with Gasteiger partial charge in [0, 0.05) is 13.1 Å². The Labute approximate surface area is 116 Å². The molecule has 6 heteroatoms. The van der Waals surface area contributed by atoms with Crippen LogP contribution in [-0.4, -0.2) is 26.2 Å². The summed E-state index contributed by atoms with van der Waals surface area (Å²) in [6.07, 6.45) is 1.05. The lowest BCUT2D eigenvalue weighted by Gasteiger charge is -2.21. The topological polar surface area (TPSA) is 79.3 Å². The first kappa shape index (κ1) is 13.7. The van der Waals surface area contributed by atoms with Gasteiger partial charge in [-0.2, -0.15) is 5.26 Å². The van der Waals surface area contributed by atoms with Crippen LogP contribution < -0.4 is 10.6 Å². The molecule has 0 radical (unpaired) electrons. The lowest BCUT2D eigenvalue weighted by molar-refractivity contribution is 0.0603. The molecule has 2 rings (SSSR count). The van der Waals surface area contributed by atoms with Gasteiger partial charge < -0.3 is 15.4 Å². The highest BCUT2D eigenvalue weighted by atomic mass is 32.1. The van der Waals surface area contributed by atoms with Crippen LogP contribution in [0, 0.1) is 16.7 Å². The van der Waals surface area contributed by atoms with Gasteiger partial charge in [0.1, 0.15) is 21.5 Å². The summed E-state index contributed by atoms with van der Waals surface area (Å²) in [5.74, 6) is -0.477.